The number of para-hydroxylation sites is 1. The number of amides is 1. The van der Waals surface area contributed by atoms with Gasteiger partial charge in [0, 0.05) is 37.1 Å². The van der Waals surface area contributed by atoms with Gasteiger partial charge in [-0.25, -0.2) is 0 Å². The summed E-state index contributed by atoms with van der Waals surface area (Å²) < 4.78 is 5.55. The molecular formula is C23H24N6O2. The number of fused-ring (bicyclic) bond motifs is 1. The summed E-state index contributed by atoms with van der Waals surface area (Å²) in [6.45, 7) is 6.89. The predicted octanol–water partition coefficient (Wildman–Crippen LogP) is 3.44. The van der Waals surface area contributed by atoms with E-state index >= 15 is 0 Å². The standard InChI is InChI=1S/C23H24N6O2/c1-15-6-8-17(9-7-15)21-25-22(31-27-21)16(2)28-10-12-29(13-11-28)23(30)19-5-3-4-18-14-24-26-20(18)19/h3-9,14,16H,10-13H2,1-2H3,(H,24,26)/t16-/m1/s1. The van der Waals surface area contributed by atoms with Gasteiger partial charge in [-0.1, -0.05) is 47.1 Å². The number of aromatic nitrogens is 4. The minimum absolute atomic E-state index is 0.0139. The highest BCUT2D eigenvalue weighted by Crippen LogP contribution is 2.25. The molecule has 0 unspecified atom stereocenters. The second-order valence-corrected chi connectivity index (χ2v) is 7.97. The topological polar surface area (TPSA) is 91.2 Å². The average molecular weight is 416 g/mol. The molecule has 0 aliphatic carbocycles. The summed E-state index contributed by atoms with van der Waals surface area (Å²) in [4.78, 5) is 21.8. The van der Waals surface area contributed by atoms with Crippen molar-refractivity contribution in [2.45, 2.75) is 19.9 Å². The molecule has 1 aliphatic heterocycles. The van der Waals surface area contributed by atoms with Crippen molar-refractivity contribution in [3.63, 3.8) is 0 Å². The summed E-state index contributed by atoms with van der Waals surface area (Å²) in [6.07, 6.45) is 1.74. The molecule has 3 heterocycles. The Morgan fingerprint density at radius 1 is 1.10 bits per heavy atom. The molecule has 4 aromatic rings. The zero-order chi connectivity index (χ0) is 21.4. The number of hydrogen-bond donors (Lipinski definition) is 1. The second kappa shape index (κ2) is 7.96. The minimum atomic E-state index is -0.0139. The second-order valence-electron chi connectivity index (χ2n) is 7.97. The van der Waals surface area contributed by atoms with Gasteiger partial charge in [-0.15, -0.1) is 0 Å². The zero-order valence-corrected chi connectivity index (χ0v) is 17.6. The molecule has 1 amide bonds. The number of carbonyl (C=O) groups excluding carboxylic acids is 1. The zero-order valence-electron chi connectivity index (χ0n) is 17.6. The Labute approximate surface area is 179 Å². The number of rotatable bonds is 4. The molecule has 31 heavy (non-hydrogen) atoms. The highest BCUT2D eigenvalue weighted by Gasteiger charge is 2.29. The Morgan fingerprint density at radius 2 is 1.87 bits per heavy atom. The van der Waals surface area contributed by atoms with Crippen LogP contribution >= 0.6 is 0 Å². The summed E-state index contributed by atoms with van der Waals surface area (Å²) in [6, 6.07) is 13.8. The van der Waals surface area contributed by atoms with Crippen molar-refractivity contribution >= 4 is 16.8 Å². The number of aromatic amines is 1. The molecule has 8 heteroatoms. The van der Waals surface area contributed by atoms with E-state index in [9.17, 15) is 4.79 Å². The average Bonchev–Trinajstić information content (AvgIpc) is 3.48. The molecule has 5 rings (SSSR count). The highest BCUT2D eigenvalue weighted by molar-refractivity contribution is 6.05. The normalized spacial score (nSPS) is 16.0. The maximum atomic E-state index is 13.1. The molecule has 0 spiro atoms. The summed E-state index contributed by atoms with van der Waals surface area (Å²) >= 11 is 0. The lowest BCUT2D eigenvalue weighted by atomic mass is 10.1. The van der Waals surface area contributed by atoms with E-state index in [1.54, 1.807) is 6.20 Å². The number of piperazine rings is 1. The van der Waals surface area contributed by atoms with E-state index in [0.29, 0.717) is 30.4 Å². The van der Waals surface area contributed by atoms with Gasteiger partial charge in [-0.3, -0.25) is 14.8 Å². The molecule has 8 nitrogen and oxygen atoms in total. The number of nitrogens with zero attached hydrogens (tertiary/aromatic N) is 5. The fourth-order valence-electron chi connectivity index (χ4n) is 4.01. The molecule has 1 atom stereocenters. The Bertz CT molecular complexity index is 1200. The van der Waals surface area contributed by atoms with Gasteiger partial charge in [0.1, 0.15) is 0 Å². The molecule has 0 bridgehead atoms. The number of benzene rings is 2. The van der Waals surface area contributed by atoms with E-state index in [0.717, 1.165) is 29.6 Å². The van der Waals surface area contributed by atoms with E-state index in [-0.39, 0.29) is 11.9 Å². The van der Waals surface area contributed by atoms with Crippen LogP contribution in [0.1, 0.15) is 34.8 Å². The van der Waals surface area contributed by atoms with Gasteiger partial charge in [-0.2, -0.15) is 10.1 Å². The van der Waals surface area contributed by atoms with E-state index < -0.39 is 0 Å². The Kier molecular flexibility index (Phi) is 4.99. The van der Waals surface area contributed by atoms with Gasteiger partial charge in [0.2, 0.25) is 11.7 Å². The number of carbonyl (C=O) groups is 1. The van der Waals surface area contributed by atoms with Crippen LogP contribution in [-0.4, -0.2) is 62.2 Å². The molecule has 0 saturated carbocycles. The van der Waals surface area contributed by atoms with Crippen molar-refractivity contribution in [2.24, 2.45) is 0 Å². The van der Waals surface area contributed by atoms with Crippen molar-refractivity contribution in [2.75, 3.05) is 26.2 Å². The van der Waals surface area contributed by atoms with Crippen LogP contribution in [0.5, 0.6) is 0 Å². The van der Waals surface area contributed by atoms with Gasteiger partial charge >= 0.3 is 0 Å². The third kappa shape index (κ3) is 3.70. The molecular weight excluding hydrogens is 392 g/mol. The van der Waals surface area contributed by atoms with Crippen LogP contribution in [0.25, 0.3) is 22.3 Å². The van der Waals surface area contributed by atoms with Gasteiger partial charge in [0.05, 0.1) is 23.3 Å². The highest BCUT2D eigenvalue weighted by atomic mass is 16.5. The summed E-state index contributed by atoms with van der Waals surface area (Å²) in [5.74, 6) is 1.22. The van der Waals surface area contributed by atoms with Crippen LogP contribution in [0.4, 0.5) is 0 Å². The fraction of sp³-hybridized carbons (Fsp3) is 0.304. The maximum absolute atomic E-state index is 13.1. The maximum Gasteiger partial charge on any atom is 0.256 e. The monoisotopic (exact) mass is 416 g/mol. The van der Waals surface area contributed by atoms with Crippen molar-refractivity contribution in [3.8, 4) is 11.4 Å². The fourth-order valence-corrected chi connectivity index (χ4v) is 4.01. The van der Waals surface area contributed by atoms with Gasteiger partial charge < -0.3 is 9.42 Å². The molecule has 1 N–H and O–H groups in total. The molecule has 1 saturated heterocycles. The Balaban J connectivity index is 1.25. The quantitative estimate of drug-likeness (QED) is 0.548. The van der Waals surface area contributed by atoms with E-state index in [2.05, 4.69) is 32.2 Å². The molecule has 2 aromatic carbocycles. The van der Waals surface area contributed by atoms with Crippen molar-refractivity contribution in [3.05, 3.63) is 65.7 Å². The molecule has 158 valence electrons. The lowest BCUT2D eigenvalue weighted by Gasteiger charge is -2.36. The number of H-pyrrole nitrogens is 1. The number of nitrogens with one attached hydrogen (secondary N) is 1. The number of hydrogen-bond acceptors (Lipinski definition) is 6. The smallest absolute Gasteiger partial charge is 0.256 e. The third-order valence-electron chi connectivity index (χ3n) is 5.97. The van der Waals surface area contributed by atoms with Crippen molar-refractivity contribution < 1.29 is 9.32 Å². The van der Waals surface area contributed by atoms with Crippen LogP contribution in [0, 0.1) is 6.92 Å². The van der Waals surface area contributed by atoms with E-state index in [4.69, 9.17) is 4.52 Å². The molecule has 2 aromatic heterocycles. The predicted molar refractivity (Wildman–Crippen MR) is 116 cm³/mol. The van der Waals surface area contributed by atoms with Crippen LogP contribution in [-0.2, 0) is 0 Å². The SMILES string of the molecule is Cc1ccc(-c2noc([C@@H](C)N3CCN(C(=O)c4cccc5cn[nH]c45)CC3)n2)cc1. The summed E-state index contributed by atoms with van der Waals surface area (Å²) in [5, 5.41) is 12.1. The van der Waals surface area contributed by atoms with Crippen LogP contribution < -0.4 is 0 Å². The lowest BCUT2D eigenvalue weighted by Crippen LogP contribution is -2.49. The summed E-state index contributed by atoms with van der Waals surface area (Å²) in [5.41, 5.74) is 3.59. The van der Waals surface area contributed by atoms with Crippen molar-refractivity contribution in [1.82, 2.24) is 30.1 Å². The Hall–Kier alpha value is -3.52. The van der Waals surface area contributed by atoms with Gasteiger partial charge in [0.15, 0.2) is 0 Å². The molecule has 1 fully saturated rings. The summed E-state index contributed by atoms with van der Waals surface area (Å²) in [7, 11) is 0. The lowest BCUT2D eigenvalue weighted by molar-refractivity contribution is 0.0553. The molecule has 0 radical (unpaired) electrons. The Morgan fingerprint density at radius 3 is 2.65 bits per heavy atom. The van der Waals surface area contributed by atoms with E-state index in [1.807, 2.05) is 54.3 Å². The van der Waals surface area contributed by atoms with Crippen LogP contribution in [0.3, 0.4) is 0 Å². The molecule has 1 aliphatic rings. The third-order valence-corrected chi connectivity index (χ3v) is 5.97. The van der Waals surface area contributed by atoms with Crippen LogP contribution in [0.2, 0.25) is 0 Å². The first-order valence-electron chi connectivity index (χ1n) is 10.5. The number of aryl methyl sites for hydroxylation is 1. The largest absolute Gasteiger partial charge is 0.337 e. The first-order valence-corrected chi connectivity index (χ1v) is 10.5. The first-order chi connectivity index (χ1) is 15.1. The van der Waals surface area contributed by atoms with Gasteiger partial charge in [-0.05, 0) is 19.9 Å². The minimum Gasteiger partial charge on any atom is -0.337 e. The van der Waals surface area contributed by atoms with Crippen LogP contribution in [0.15, 0.2) is 53.2 Å². The first kappa shape index (κ1) is 19.4. The van der Waals surface area contributed by atoms with Gasteiger partial charge in [0.25, 0.3) is 5.91 Å². The van der Waals surface area contributed by atoms with Crippen molar-refractivity contribution in [1.29, 1.82) is 0 Å². The van der Waals surface area contributed by atoms with E-state index in [1.165, 1.54) is 5.56 Å².